The fourth-order valence-corrected chi connectivity index (χ4v) is 3.17. The molecule has 140 valence electrons. The number of nitrogens with zero attached hydrogens (tertiary/aromatic N) is 1. The van der Waals surface area contributed by atoms with Gasteiger partial charge in [-0.25, -0.2) is 4.99 Å². The summed E-state index contributed by atoms with van der Waals surface area (Å²) in [6.07, 6.45) is 7.39. The predicted octanol–water partition coefficient (Wildman–Crippen LogP) is 4.33. The van der Waals surface area contributed by atoms with Crippen molar-refractivity contribution >= 4 is 5.84 Å². The van der Waals surface area contributed by atoms with E-state index in [2.05, 4.69) is 11.9 Å². The van der Waals surface area contributed by atoms with Gasteiger partial charge in [0.2, 0.25) is 0 Å². The molecule has 0 aliphatic carbocycles. The lowest BCUT2D eigenvalue weighted by atomic mass is 10.1. The molecule has 1 heterocycles. The lowest BCUT2D eigenvalue weighted by Gasteiger charge is -2.28. The van der Waals surface area contributed by atoms with Gasteiger partial charge in [0.1, 0.15) is 11.6 Å². The van der Waals surface area contributed by atoms with Crippen LogP contribution in [0, 0.1) is 0 Å². The molecule has 0 amide bonds. The summed E-state index contributed by atoms with van der Waals surface area (Å²) in [7, 11) is 0. The molecule has 0 saturated carbocycles. The zero-order chi connectivity index (χ0) is 18.1. The minimum atomic E-state index is -1.18. The van der Waals surface area contributed by atoms with E-state index in [0.717, 1.165) is 23.3 Å². The maximum atomic E-state index is 6.11. The third kappa shape index (κ3) is 4.73. The Morgan fingerprint density at radius 1 is 0.960 bits per heavy atom. The minimum absolute atomic E-state index is 0.432. The highest BCUT2D eigenvalue weighted by molar-refractivity contribution is 6.02. The second-order valence-electron chi connectivity index (χ2n) is 6.24. The summed E-state index contributed by atoms with van der Waals surface area (Å²) in [6.45, 7) is 7.70. The van der Waals surface area contributed by atoms with E-state index in [4.69, 9.17) is 19.9 Å². The zero-order valence-corrected chi connectivity index (χ0v) is 15.8. The van der Waals surface area contributed by atoms with Crippen LogP contribution in [0.5, 0.6) is 5.75 Å². The van der Waals surface area contributed by atoms with Gasteiger partial charge >= 0.3 is 5.91 Å². The highest BCUT2D eigenvalue weighted by Crippen LogP contribution is 2.42. The molecular formula is C20H32N2O3. The van der Waals surface area contributed by atoms with Crippen LogP contribution in [0.3, 0.4) is 0 Å². The minimum Gasteiger partial charge on any atom is -0.493 e. The summed E-state index contributed by atoms with van der Waals surface area (Å²) < 4.78 is 17.8. The Morgan fingerprint density at radius 2 is 1.64 bits per heavy atom. The Kier molecular flexibility index (Phi) is 7.72. The van der Waals surface area contributed by atoms with E-state index in [1.54, 1.807) is 0 Å². The van der Waals surface area contributed by atoms with Crippen molar-refractivity contribution in [1.29, 1.82) is 0 Å². The third-order valence-corrected chi connectivity index (χ3v) is 4.32. The van der Waals surface area contributed by atoms with Crippen molar-refractivity contribution in [2.45, 2.75) is 65.2 Å². The highest BCUT2D eigenvalue weighted by Gasteiger charge is 2.44. The molecule has 1 aliphatic heterocycles. The lowest BCUT2D eigenvalue weighted by molar-refractivity contribution is -0.235. The summed E-state index contributed by atoms with van der Waals surface area (Å²) in [5.41, 5.74) is 7.74. The van der Waals surface area contributed by atoms with Gasteiger partial charge in [0.15, 0.2) is 0 Å². The number of benzene rings is 1. The molecule has 0 radical (unpaired) electrons. The topological polar surface area (TPSA) is 66.1 Å². The van der Waals surface area contributed by atoms with E-state index in [-0.39, 0.29) is 0 Å². The number of aliphatic imine (C=N–C) groups is 1. The number of hydrogen-bond acceptors (Lipinski definition) is 5. The molecule has 0 bridgehead atoms. The first-order valence-corrected chi connectivity index (χ1v) is 9.58. The van der Waals surface area contributed by atoms with Crippen molar-refractivity contribution in [2.24, 2.45) is 10.7 Å². The van der Waals surface area contributed by atoms with Crippen LogP contribution in [0.15, 0.2) is 23.2 Å². The van der Waals surface area contributed by atoms with Crippen molar-refractivity contribution in [3.8, 4) is 5.75 Å². The fourth-order valence-electron chi connectivity index (χ4n) is 3.17. The second kappa shape index (κ2) is 9.78. The van der Waals surface area contributed by atoms with Gasteiger partial charge in [-0.05, 0) is 26.3 Å². The molecule has 2 rings (SSSR count). The van der Waals surface area contributed by atoms with Crippen molar-refractivity contribution < 1.29 is 14.2 Å². The third-order valence-electron chi connectivity index (χ3n) is 4.32. The maximum absolute atomic E-state index is 6.11. The molecule has 0 aromatic heterocycles. The second-order valence-corrected chi connectivity index (χ2v) is 6.24. The molecule has 2 N–H and O–H groups in total. The standard InChI is InChI=1S/C20H32N2O3/c1-4-7-8-9-10-11-15-23-17-14-12-13-16-18(17)20(24-5-2,25-6-3)22-19(16)21/h12-14H,4-11,15H2,1-3H3,(H2,21,22). The molecule has 5 heteroatoms. The Balaban J connectivity index is 2.07. The van der Waals surface area contributed by atoms with Crippen LogP contribution in [0.25, 0.3) is 0 Å². The van der Waals surface area contributed by atoms with E-state index in [0.29, 0.717) is 25.7 Å². The maximum Gasteiger partial charge on any atom is 0.304 e. The number of rotatable bonds is 12. The largest absolute Gasteiger partial charge is 0.493 e. The van der Waals surface area contributed by atoms with E-state index in [1.165, 1.54) is 32.1 Å². The Bertz CT molecular complexity index is 566. The van der Waals surface area contributed by atoms with E-state index < -0.39 is 5.91 Å². The van der Waals surface area contributed by atoms with Gasteiger partial charge in [-0.1, -0.05) is 51.2 Å². The van der Waals surface area contributed by atoms with Gasteiger partial charge in [0.05, 0.1) is 12.2 Å². The molecule has 0 saturated heterocycles. The predicted molar refractivity (Wildman–Crippen MR) is 101 cm³/mol. The molecular weight excluding hydrogens is 316 g/mol. The van der Waals surface area contributed by atoms with Crippen LogP contribution in [0.4, 0.5) is 0 Å². The van der Waals surface area contributed by atoms with E-state index >= 15 is 0 Å². The van der Waals surface area contributed by atoms with Crippen molar-refractivity contribution in [2.75, 3.05) is 19.8 Å². The molecule has 1 aromatic rings. The number of unbranched alkanes of at least 4 members (excludes halogenated alkanes) is 5. The van der Waals surface area contributed by atoms with Crippen molar-refractivity contribution in [1.82, 2.24) is 0 Å². The zero-order valence-electron chi connectivity index (χ0n) is 15.8. The van der Waals surface area contributed by atoms with Crippen molar-refractivity contribution in [3.05, 3.63) is 29.3 Å². The van der Waals surface area contributed by atoms with Gasteiger partial charge in [0.25, 0.3) is 0 Å². The van der Waals surface area contributed by atoms with Crippen LogP contribution < -0.4 is 10.5 Å². The van der Waals surface area contributed by atoms with Crippen molar-refractivity contribution in [3.63, 3.8) is 0 Å². The van der Waals surface area contributed by atoms with Crippen LogP contribution in [-0.4, -0.2) is 25.7 Å². The summed E-state index contributed by atoms with van der Waals surface area (Å²) in [4.78, 5) is 4.48. The molecule has 0 spiro atoms. The summed E-state index contributed by atoms with van der Waals surface area (Å²) in [6, 6.07) is 5.81. The summed E-state index contributed by atoms with van der Waals surface area (Å²) >= 11 is 0. The molecule has 1 aliphatic rings. The molecule has 0 atom stereocenters. The smallest absolute Gasteiger partial charge is 0.304 e. The van der Waals surface area contributed by atoms with Gasteiger partial charge in [-0.2, -0.15) is 0 Å². The van der Waals surface area contributed by atoms with Crippen LogP contribution in [-0.2, 0) is 15.4 Å². The van der Waals surface area contributed by atoms with E-state index in [9.17, 15) is 0 Å². The SMILES string of the molecule is CCCCCCCCOc1cccc2c1C(OCC)(OCC)N=C2N. The monoisotopic (exact) mass is 348 g/mol. The van der Waals surface area contributed by atoms with Gasteiger partial charge in [0, 0.05) is 18.8 Å². The Morgan fingerprint density at radius 3 is 2.32 bits per heavy atom. The first-order chi connectivity index (χ1) is 12.2. The number of ether oxygens (including phenoxy) is 3. The molecule has 1 aromatic carbocycles. The fraction of sp³-hybridized carbons (Fsp3) is 0.650. The van der Waals surface area contributed by atoms with Gasteiger partial charge < -0.3 is 19.9 Å². The first kappa shape index (κ1) is 19.7. The normalized spacial score (nSPS) is 15.1. The van der Waals surface area contributed by atoms with Gasteiger partial charge in [-0.15, -0.1) is 0 Å². The Hall–Kier alpha value is -1.59. The van der Waals surface area contributed by atoms with Gasteiger partial charge in [-0.3, -0.25) is 0 Å². The molecule has 0 unspecified atom stereocenters. The molecule has 5 nitrogen and oxygen atoms in total. The quantitative estimate of drug-likeness (QED) is 0.451. The number of nitrogens with two attached hydrogens (primary N) is 1. The Labute approximate surface area is 151 Å². The van der Waals surface area contributed by atoms with Crippen LogP contribution >= 0.6 is 0 Å². The number of hydrogen-bond donors (Lipinski definition) is 1. The summed E-state index contributed by atoms with van der Waals surface area (Å²) in [5, 5.41) is 0. The van der Waals surface area contributed by atoms with E-state index in [1.807, 2.05) is 32.0 Å². The van der Waals surface area contributed by atoms with Crippen LogP contribution in [0.2, 0.25) is 0 Å². The molecule has 0 fully saturated rings. The molecule has 25 heavy (non-hydrogen) atoms. The van der Waals surface area contributed by atoms with Crippen LogP contribution in [0.1, 0.15) is 70.4 Å². The average Bonchev–Trinajstić information content (AvgIpc) is 2.88. The average molecular weight is 348 g/mol. The highest BCUT2D eigenvalue weighted by atomic mass is 16.7. The first-order valence-electron chi connectivity index (χ1n) is 9.58. The lowest BCUT2D eigenvalue weighted by Crippen LogP contribution is -2.30. The summed E-state index contributed by atoms with van der Waals surface area (Å²) in [5.74, 6) is -0.000227. The number of fused-ring (bicyclic) bond motifs is 1. The number of amidine groups is 1.